The van der Waals surface area contributed by atoms with Crippen LogP contribution in [0.25, 0.3) is 10.2 Å². The molecular weight excluding hydrogens is 495 g/mol. The second-order valence-electron chi connectivity index (χ2n) is 9.00. The number of carbonyl (C=O) groups is 2. The van der Waals surface area contributed by atoms with Gasteiger partial charge in [0.1, 0.15) is 22.9 Å². The average Bonchev–Trinajstić information content (AvgIpc) is 3.22. The first kappa shape index (κ1) is 24.6. The summed E-state index contributed by atoms with van der Waals surface area (Å²) in [6, 6.07) is 11.3. The van der Waals surface area contributed by atoms with Crippen molar-refractivity contribution in [2.24, 2.45) is 0 Å². The van der Waals surface area contributed by atoms with Crippen LogP contribution in [0.2, 0.25) is 0 Å². The van der Waals surface area contributed by atoms with Crippen LogP contribution in [0.15, 0.2) is 53.6 Å². The molecule has 0 spiro atoms. The highest BCUT2D eigenvalue weighted by Crippen LogP contribution is 2.35. The number of hydrogen-bond donors (Lipinski definition) is 1. The fourth-order valence-electron chi connectivity index (χ4n) is 4.71. The average molecular weight is 521 g/mol. The van der Waals surface area contributed by atoms with E-state index >= 15 is 0 Å². The number of nitrogens with zero attached hydrogens (tertiary/aromatic N) is 3. The summed E-state index contributed by atoms with van der Waals surface area (Å²) in [5.74, 6) is -0.494. The molecule has 0 saturated carbocycles. The number of amides is 2. The first-order valence-electron chi connectivity index (χ1n) is 11.8. The normalized spacial score (nSPS) is 14.9. The third kappa shape index (κ3) is 4.48. The first-order chi connectivity index (χ1) is 17.8. The Kier molecular flexibility index (Phi) is 6.51. The number of aryl methyl sites for hydroxylation is 2. The minimum absolute atomic E-state index is 0.0848. The maximum atomic E-state index is 13.8. The topological polar surface area (TPSA) is 93.5 Å². The van der Waals surface area contributed by atoms with Crippen molar-refractivity contribution in [3.05, 3.63) is 81.0 Å². The van der Waals surface area contributed by atoms with Crippen LogP contribution in [-0.4, -0.2) is 34.5 Å². The fourth-order valence-corrected chi connectivity index (χ4v) is 5.78. The Bertz CT molecular complexity index is 1600. The number of hydrogen-bond acceptors (Lipinski definition) is 6. The Balaban J connectivity index is 1.46. The first-order valence-corrected chi connectivity index (χ1v) is 12.6. The maximum Gasteiger partial charge on any atom is 0.268 e. The van der Waals surface area contributed by atoms with Gasteiger partial charge in [-0.15, -0.1) is 11.3 Å². The lowest BCUT2D eigenvalue weighted by Gasteiger charge is -2.35. The second kappa shape index (κ2) is 9.78. The number of anilines is 2. The number of halogens is 1. The predicted molar refractivity (Wildman–Crippen MR) is 141 cm³/mol. The number of benzene rings is 2. The van der Waals surface area contributed by atoms with Gasteiger partial charge in [0, 0.05) is 11.7 Å². The lowest BCUT2D eigenvalue weighted by atomic mass is 9.96. The van der Waals surface area contributed by atoms with E-state index < -0.39 is 11.5 Å². The van der Waals surface area contributed by atoms with Gasteiger partial charge in [0.2, 0.25) is 5.91 Å². The van der Waals surface area contributed by atoms with Crippen LogP contribution in [0.5, 0.6) is 5.75 Å². The van der Waals surface area contributed by atoms with Gasteiger partial charge in [-0.3, -0.25) is 19.0 Å². The van der Waals surface area contributed by atoms with E-state index in [9.17, 15) is 18.8 Å². The third-order valence-electron chi connectivity index (χ3n) is 6.60. The third-order valence-corrected chi connectivity index (χ3v) is 7.79. The summed E-state index contributed by atoms with van der Waals surface area (Å²) >= 11 is 1.15. The summed E-state index contributed by atoms with van der Waals surface area (Å²) in [7, 11) is 1.51. The van der Waals surface area contributed by atoms with Gasteiger partial charge in [0.05, 0.1) is 29.4 Å². The van der Waals surface area contributed by atoms with E-state index in [1.54, 1.807) is 42.2 Å². The number of nitrogens with one attached hydrogen (secondary N) is 1. The molecule has 2 amide bonds. The molecule has 1 aliphatic rings. The van der Waals surface area contributed by atoms with Crippen molar-refractivity contribution in [3.8, 4) is 5.75 Å². The minimum atomic E-state index is -0.414. The van der Waals surface area contributed by atoms with Gasteiger partial charge in [-0.05, 0) is 68.1 Å². The molecule has 1 unspecified atom stereocenters. The van der Waals surface area contributed by atoms with E-state index in [2.05, 4.69) is 10.3 Å². The summed E-state index contributed by atoms with van der Waals surface area (Å²) in [5, 5.41) is 3.06. The van der Waals surface area contributed by atoms with E-state index in [1.807, 2.05) is 6.92 Å². The zero-order chi connectivity index (χ0) is 26.3. The summed E-state index contributed by atoms with van der Waals surface area (Å²) in [6.45, 7) is 3.42. The lowest BCUT2D eigenvalue weighted by molar-refractivity contribution is -0.116. The number of para-hydroxylation sites is 2. The van der Waals surface area contributed by atoms with Crippen molar-refractivity contribution in [1.82, 2.24) is 9.55 Å². The molecule has 2 aromatic heterocycles. The largest absolute Gasteiger partial charge is 0.495 e. The number of ether oxygens (including phenoxy) is 1. The molecule has 0 saturated heterocycles. The molecule has 5 rings (SSSR count). The highest BCUT2D eigenvalue weighted by molar-refractivity contribution is 7.20. The zero-order valence-corrected chi connectivity index (χ0v) is 21.4. The van der Waals surface area contributed by atoms with Crippen LogP contribution < -0.4 is 20.5 Å². The van der Waals surface area contributed by atoms with Gasteiger partial charge in [-0.1, -0.05) is 12.1 Å². The molecule has 0 aliphatic carbocycles. The second-order valence-corrected chi connectivity index (χ2v) is 10.00. The predicted octanol–water partition coefficient (Wildman–Crippen LogP) is 4.53. The molecule has 0 bridgehead atoms. The quantitative estimate of drug-likeness (QED) is 0.417. The van der Waals surface area contributed by atoms with E-state index in [-0.39, 0.29) is 24.3 Å². The Morgan fingerprint density at radius 1 is 1.24 bits per heavy atom. The van der Waals surface area contributed by atoms with Crippen molar-refractivity contribution in [2.45, 2.75) is 39.3 Å². The molecule has 37 heavy (non-hydrogen) atoms. The number of fused-ring (bicyclic) bond motifs is 2. The SMILES string of the molecule is COc1ccccc1NC(=O)Cn1cnc2sc(C(=O)N3c4ccc(F)cc4CCC3C)c(C)c2c1=O. The number of carbonyl (C=O) groups excluding carboxylic acids is 2. The molecule has 190 valence electrons. The van der Waals surface area contributed by atoms with Crippen molar-refractivity contribution in [1.29, 1.82) is 0 Å². The Morgan fingerprint density at radius 3 is 2.81 bits per heavy atom. The molecule has 0 fully saturated rings. The van der Waals surface area contributed by atoms with Crippen LogP contribution in [-0.2, 0) is 17.8 Å². The van der Waals surface area contributed by atoms with Crippen LogP contribution >= 0.6 is 11.3 Å². The summed E-state index contributed by atoms with van der Waals surface area (Å²) in [5.41, 5.74) is 2.07. The Morgan fingerprint density at radius 2 is 2.03 bits per heavy atom. The minimum Gasteiger partial charge on any atom is -0.495 e. The molecule has 3 heterocycles. The van der Waals surface area contributed by atoms with Gasteiger partial charge in [0.15, 0.2) is 0 Å². The molecule has 1 atom stereocenters. The summed E-state index contributed by atoms with van der Waals surface area (Å²) < 4.78 is 20.3. The molecule has 4 aromatic rings. The van der Waals surface area contributed by atoms with Crippen molar-refractivity contribution < 1.29 is 18.7 Å². The summed E-state index contributed by atoms with van der Waals surface area (Å²) in [6.07, 6.45) is 2.71. The van der Waals surface area contributed by atoms with E-state index in [0.29, 0.717) is 50.6 Å². The molecule has 1 aliphatic heterocycles. The fraction of sp³-hybridized carbons (Fsp3) is 0.259. The van der Waals surface area contributed by atoms with Crippen molar-refractivity contribution in [3.63, 3.8) is 0 Å². The number of rotatable bonds is 5. The summed E-state index contributed by atoms with van der Waals surface area (Å²) in [4.78, 5) is 46.6. The van der Waals surface area contributed by atoms with Gasteiger partial charge >= 0.3 is 0 Å². The van der Waals surface area contributed by atoms with Crippen LogP contribution in [0.1, 0.15) is 34.1 Å². The van der Waals surface area contributed by atoms with Crippen LogP contribution in [0.4, 0.5) is 15.8 Å². The molecule has 2 aromatic carbocycles. The standard InChI is InChI=1S/C27H25FN4O4S/c1-15-8-9-17-12-18(28)10-11-20(17)32(15)27(35)24-16(2)23-25(37-24)29-14-31(26(23)34)13-22(33)30-19-6-4-5-7-21(19)36-3/h4-7,10-12,14-15H,8-9,13H2,1-3H3,(H,30,33). The van der Waals surface area contributed by atoms with Crippen molar-refractivity contribution in [2.75, 3.05) is 17.3 Å². The number of thiophene rings is 1. The highest BCUT2D eigenvalue weighted by atomic mass is 32.1. The molecule has 1 N–H and O–H groups in total. The van der Waals surface area contributed by atoms with E-state index in [1.165, 1.54) is 30.1 Å². The zero-order valence-electron chi connectivity index (χ0n) is 20.6. The van der Waals surface area contributed by atoms with Gasteiger partial charge < -0.3 is 15.0 Å². The van der Waals surface area contributed by atoms with E-state index in [0.717, 1.165) is 16.9 Å². The molecular formula is C27H25FN4O4S. The number of methoxy groups -OCH3 is 1. The smallest absolute Gasteiger partial charge is 0.268 e. The highest BCUT2D eigenvalue weighted by Gasteiger charge is 2.32. The monoisotopic (exact) mass is 520 g/mol. The van der Waals surface area contributed by atoms with E-state index in [4.69, 9.17) is 4.74 Å². The molecule has 0 radical (unpaired) electrons. The van der Waals surface area contributed by atoms with Gasteiger partial charge in [-0.2, -0.15) is 0 Å². The van der Waals surface area contributed by atoms with Crippen molar-refractivity contribution >= 4 is 44.7 Å². The van der Waals surface area contributed by atoms with Gasteiger partial charge in [-0.25, -0.2) is 9.37 Å². The Hall–Kier alpha value is -4.05. The van der Waals surface area contributed by atoms with Crippen LogP contribution in [0, 0.1) is 12.7 Å². The Labute approximate surface area is 216 Å². The maximum absolute atomic E-state index is 13.8. The number of aromatic nitrogens is 2. The molecule has 10 heteroatoms. The lowest BCUT2D eigenvalue weighted by Crippen LogP contribution is -2.42. The molecule has 8 nitrogen and oxygen atoms in total. The van der Waals surface area contributed by atoms with Crippen LogP contribution in [0.3, 0.4) is 0 Å². The van der Waals surface area contributed by atoms with Gasteiger partial charge in [0.25, 0.3) is 11.5 Å².